The van der Waals surface area contributed by atoms with Crippen molar-refractivity contribution in [3.63, 3.8) is 0 Å². The van der Waals surface area contributed by atoms with Gasteiger partial charge in [-0.3, -0.25) is 9.69 Å². The van der Waals surface area contributed by atoms with Crippen LogP contribution in [0, 0.1) is 0 Å². The fourth-order valence-electron chi connectivity index (χ4n) is 1.87. The Labute approximate surface area is 89.3 Å². The van der Waals surface area contributed by atoms with Crippen LogP contribution in [0.3, 0.4) is 0 Å². The van der Waals surface area contributed by atoms with Crippen LogP contribution in [0.4, 0.5) is 0 Å². The molecule has 0 atom stereocenters. The van der Waals surface area contributed by atoms with Crippen molar-refractivity contribution >= 4 is 5.78 Å². The molecule has 0 radical (unpaired) electrons. The zero-order valence-corrected chi connectivity index (χ0v) is 8.65. The highest BCUT2D eigenvalue weighted by molar-refractivity contribution is 5.79. The van der Waals surface area contributed by atoms with Gasteiger partial charge in [0.25, 0.3) is 0 Å². The first-order valence-corrected chi connectivity index (χ1v) is 5.26. The molecule has 1 heterocycles. The third-order valence-electron chi connectivity index (χ3n) is 2.73. The summed E-state index contributed by atoms with van der Waals surface area (Å²) in [5, 5.41) is 9.31. The van der Waals surface area contributed by atoms with E-state index in [1.807, 2.05) is 12.1 Å². The zero-order valence-electron chi connectivity index (χ0n) is 8.65. The van der Waals surface area contributed by atoms with Crippen molar-refractivity contribution in [2.75, 3.05) is 13.1 Å². The number of ketones is 1. The molecule has 3 nitrogen and oxygen atoms in total. The topological polar surface area (TPSA) is 40.5 Å². The van der Waals surface area contributed by atoms with E-state index in [1.54, 1.807) is 12.1 Å². The van der Waals surface area contributed by atoms with Crippen molar-refractivity contribution in [1.29, 1.82) is 0 Å². The molecular weight excluding hydrogens is 190 g/mol. The quantitative estimate of drug-likeness (QED) is 0.796. The molecule has 0 saturated carbocycles. The minimum absolute atomic E-state index is 0.306. The van der Waals surface area contributed by atoms with Crippen molar-refractivity contribution < 1.29 is 9.90 Å². The molecule has 2 rings (SSSR count). The first-order valence-electron chi connectivity index (χ1n) is 5.26. The summed E-state index contributed by atoms with van der Waals surface area (Å²) in [6.07, 6.45) is 1.33. The van der Waals surface area contributed by atoms with Gasteiger partial charge in [0, 0.05) is 32.5 Å². The maximum absolute atomic E-state index is 11.0. The smallest absolute Gasteiger partial charge is 0.135 e. The first kappa shape index (κ1) is 10.2. The van der Waals surface area contributed by atoms with Crippen LogP contribution in [0.15, 0.2) is 24.3 Å². The highest BCUT2D eigenvalue weighted by Crippen LogP contribution is 2.15. The van der Waals surface area contributed by atoms with Crippen molar-refractivity contribution in [3.8, 4) is 5.75 Å². The van der Waals surface area contributed by atoms with E-state index in [4.69, 9.17) is 0 Å². The number of Topliss-reactive ketones (excluding diaryl/α,β-unsaturated/α-hetero) is 1. The Hall–Kier alpha value is -1.35. The molecule has 1 aliphatic heterocycles. The van der Waals surface area contributed by atoms with Gasteiger partial charge in [0.05, 0.1) is 0 Å². The van der Waals surface area contributed by atoms with Gasteiger partial charge in [-0.05, 0) is 17.7 Å². The van der Waals surface area contributed by atoms with Crippen LogP contribution in [0.1, 0.15) is 18.4 Å². The largest absolute Gasteiger partial charge is 0.508 e. The monoisotopic (exact) mass is 205 g/mol. The van der Waals surface area contributed by atoms with E-state index >= 15 is 0 Å². The average molecular weight is 205 g/mol. The van der Waals surface area contributed by atoms with Crippen LogP contribution < -0.4 is 0 Å². The van der Waals surface area contributed by atoms with E-state index in [1.165, 1.54) is 0 Å². The average Bonchev–Trinajstić information content (AvgIpc) is 2.22. The van der Waals surface area contributed by atoms with Crippen LogP contribution in [0.5, 0.6) is 5.75 Å². The zero-order chi connectivity index (χ0) is 10.7. The van der Waals surface area contributed by atoms with E-state index in [-0.39, 0.29) is 0 Å². The second kappa shape index (κ2) is 4.45. The SMILES string of the molecule is O=C1CCN(Cc2cccc(O)c2)CC1. The molecule has 1 saturated heterocycles. The number of aromatic hydroxyl groups is 1. The minimum Gasteiger partial charge on any atom is -0.508 e. The van der Waals surface area contributed by atoms with Crippen LogP contribution >= 0.6 is 0 Å². The third-order valence-corrected chi connectivity index (χ3v) is 2.73. The molecule has 0 aliphatic carbocycles. The number of rotatable bonds is 2. The van der Waals surface area contributed by atoms with Gasteiger partial charge in [0.15, 0.2) is 0 Å². The van der Waals surface area contributed by atoms with E-state index in [9.17, 15) is 9.90 Å². The van der Waals surface area contributed by atoms with Gasteiger partial charge in [-0.2, -0.15) is 0 Å². The number of phenols is 1. The third kappa shape index (κ3) is 2.80. The molecule has 1 N–H and O–H groups in total. The normalized spacial score (nSPS) is 18.0. The molecule has 3 heteroatoms. The molecule has 0 bridgehead atoms. The van der Waals surface area contributed by atoms with Crippen LogP contribution in [-0.2, 0) is 11.3 Å². The predicted molar refractivity (Wildman–Crippen MR) is 57.6 cm³/mol. The van der Waals surface area contributed by atoms with Crippen molar-refractivity contribution in [1.82, 2.24) is 4.90 Å². The molecule has 0 aromatic heterocycles. The molecule has 0 amide bonds. The Morgan fingerprint density at radius 2 is 2.00 bits per heavy atom. The maximum atomic E-state index is 11.0. The van der Waals surface area contributed by atoms with Crippen molar-refractivity contribution in [2.45, 2.75) is 19.4 Å². The van der Waals surface area contributed by atoms with Gasteiger partial charge in [0.1, 0.15) is 11.5 Å². The number of carbonyl (C=O) groups is 1. The standard InChI is InChI=1S/C12H15NO2/c14-11-4-6-13(7-5-11)9-10-2-1-3-12(15)8-10/h1-3,8,15H,4-7,9H2. The van der Waals surface area contributed by atoms with E-state index < -0.39 is 0 Å². The summed E-state index contributed by atoms with van der Waals surface area (Å²) in [6, 6.07) is 7.29. The molecule has 1 aromatic carbocycles. The van der Waals surface area contributed by atoms with E-state index in [0.717, 1.165) is 25.2 Å². The van der Waals surface area contributed by atoms with Gasteiger partial charge in [0.2, 0.25) is 0 Å². The fraction of sp³-hybridized carbons (Fsp3) is 0.417. The fourth-order valence-corrected chi connectivity index (χ4v) is 1.87. The Kier molecular flexibility index (Phi) is 3.02. The number of hydrogen-bond donors (Lipinski definition) is 1. The van der Waals surface area contributed by atoms with Gasteiger partial charge in [-0.15, -0.1) is 0 Å². The van der Waals surface area contributed by atoms with Crippen LogP contribution in [0.2, 0.25) is 0 Å². The van der Waals surface area contributed by atoms with Crippen molar-refractivity contribution in [2.24, 2.45) is 0 Å². The molecule has 1 aliphatic rings. The summed E-state index contributed by atoms with van der Waals surface area (Å²) >= 11 is 0. The van der Waals surface area contributed by atoms with Crippen LogP contribution in [0.25, 0.3) is 0 Å². The molecule has 0 unspecified atom stereocenters. The van der Waals surface area contributed by atoms with E-state index in [2.05, 4.69) is 4.90 Å². The second-order valence-corrected chi connectivity index (χ2v) is 3.98. The number of nitrogens with zero attached hydrogens (tertiary/aromatic N) is 1. The first-order chi connectivity index (χ1) is 7.24. The number of phenolic OH excluding ortho intramolecular Hbond substituents is 1. The Morgan fingerprint density at radius 1 is 1.27 bits per heavy atom. The number of hydrogen-bond acceptors (Lipinski definition) is 3. The number of piperidine rings is 1. The lowest BCUT2D eigenvalue weighted by atomic mass is 10.1. The summed E-state index contributed by atoms with van der Waals surface area (Å²) in [7, 11) is 0. The summed E-state index contributed by atoms with van der Waals surface area (Å²) in [4.78, 5) is 13.3. The summed E-state index contributed by atoms with van der Waals surface area (Å²) in [5.41, 5.74) is 1.10. The molecule has 0 spiro atoms. The Morgan fingerprint density at radius 3 is 2.67 bits per heavy atom. The molecule has 15 heavy (non-hydrogen) atoms. The summed E-state index contributed by atoms with van der Waals surface area (Å²) in [6.45, 7) is 2.50. The summed E-state index contributed by atoms with van der Waals surface area (Å²) in [5.74, 6) is 0.669. The lowest BCUT2D eigenvalue weighted by molar-refractivity contribution is -0.121. The van der Waals surface area contributed by atoms with Gasteiger partial charge in [-0.1, -0.05) is 12.1 Å². The van der Waals surface area contributed by atoms with Gasteiger partial charge >= 0.3 is 0 Å². The van der Waals surface area contributed by atoms with Crippen LogP contribution in [-0.4, -0.2) is 28.9 Å². The highest BCUT2D eigenvalue weighted by atomic mass is 16.3. The molecule has 1 aromatic rings. The Balaban J connectivity index is 1.94. The second-order valence-electron chi connectivity index (χ2n) is 3.98. The van der Waals surface area contributed by atoms with Gasteiger partial charge in [-0.25, -0.2) is 0 Å². The highest BCUT2D eigenvalue weighted by Gasteiger charge is 2.15. The predicted octanol–water partition coefficient (Wildman–Crippen LogP) is 1.56. The number of benzene rings is 1. The Bertz CT molecular complexity index is 352. The van der Waals surface area contributed by atoms with Gasteiger partial charge < -0.3 is 5.11 Å². The lowest BCUT2D eigenvalue weighted by Gasteiger charge is -2.25. The van der Waals surface area contributed by atoms with E-state index in [0.29, 0.717) is 24.4 Å². The van der Waals surface area contributed by atoms with Crippen molar-refractivity contribution in [3.05, 3.63) is 29.8 Å². The number of carbonyl (C=O) groups excluding carboxylic acids is 1. The number of likely N-dealkylation sites (tertiary alicyclic amines) is 1. The minimum atomic E-state index is 0.306. The lowest BCUT2D eigenvalue weighted by Crippen LogP contribution is -2.33. The molecule has 1 fully saturated rings. The molecule has 80 valence electrons. The summed E-state index contributed by atoms with van der Waals surface area (Å²) < 4.78 is 0. The maximum Gasteiger partial charge on any atom is 0.135 e. The molecular formula is C12H15NO2.